The van der Waals surface area contributed by atoms with Gasteiger partial charge in [0.2, 0.25) is 6.93 Å². The molecule has 0 bridgehead atoms. The molecule has 14 heteroatoms. The third-order valence-corrected chi connectivity index (χ3v) is 4.76. The van der Waals surface area contributed by atoms with Crippen molar-refractivity contribution in [1.82, 2.24) is 10.1 Å². The van der Waals surface area contributed by atoms with Crippen LogP contribution in [0.4, 0.5) is 36.5 Å². The zero-order valence-electron chi connectivity index (χ0n) is 18.5. The molecule has 1 aliphatic rings. The summed E-state index contributed by atoms with van der Waals surface area (Å²) in [7, 11) is 1.26. The second-order valence-corrected chi connectivity index (χ2v) is 7.39. The first-order valence-electron chi connectivity index (χ1n) is 9.98. The number of amidine groups is 1. The Morgan fingerprint density at radius 1 is 1.31 bits per heavy atom. The summed E-state index contributed by atoms with van der Waals surface area (Å²) in [5, 5.41) is 2.98. The molecule has 1 heterocycles. The zero-order chi connectivity index (χ0) is 26.3. The molecule has 3 rings (SSSR count). The van der Waals surface area contributed by atoms with E-state index in [2.05, 4.69) is 15.3 Å². The summed E-state index contributed by atoms with van der Waals surface area (Å²) in [6, 6.07) is 3.88. The first-order valence-corrected chi connectivity index (χ1v) is 9.98. The van der Waals surface area contributed by atoms with Crippen LogP contribution >= 0.6 is 0 Å². The summed E-state index contributed by atoms with van der Waals surface area (Å²) in [5.41, 5.74) is 4.77. The number of ether oxygens (including phenoxy) is 1. The minimum atomic E-state index is -4.58. The smallest absolute Gasteiger partial charge is 0.417 e. The van der Waals surface area contributed by atoms with Crippen LogP contribution in [-0.2, 0) is 17.5 Å². The Bertz CT molecular complexity index is 1060. The van der Waals surface area contributed by atoms with Gasteiger partial charge < -0.3 is 15.8 Å². The Morgan fingerprint density at radius 2 is 1.97 bits per heavy atom. The average Bonchev–Trinajstić information content (AvgIpc) is 3.53. The number of carbonyl (C=O) groups is 1. The lowest BCUT2D eigenvalue weighted by molar-refractivity contribution is -0.137. The van der Waals surface area contributed by atoms with Gasteiger partial charge in [-0.15, -0.1) is 9.60 Å². The molecule has 0 unspecified atom stereocenters. The highest BCUT2D eigenvalue weighted by atomic mass is 19.4. The fraction of sp³-hybridized carbons (Fsp3) is 0.381. The second kappa shape index (κ2) is 11.8. The van der Waals surface area contributed by atoms with Crippen molar-refractivity contribution in [2.45, 2.75) is 38.2 Å². The Balaban J connectivity index is 0.00000137. The van der Waals surface area contributed by atoms with E-state index in [0.29, 0.717) is 17.7 Å². The van der Waals surface area contributed by atoms with Crippen molar-refractivity contribution in [2.24, 2.45) is 10.7 Å². The van der Waals surface area contributed by atoms with Gasteiger partial charge in [0.15, 0.2) is 0 Å². The summed E-state index contributed by atoms with van der Waals surface area (Å²) in [6.45, 7) is -0.627. The predicted octanol–water partition coefficient (Wildman–Crippen LogP) is 4.47. The van der Waals surface area contributed by atoms with Gasteiger partial charge in [-0.1, -0.05) is 0 Å². The maximum atomic E-state index is 14.1. The van der Waals surface area contributed by atoms with Gasteiger partial charge >= 0.3 is 6.18 Å². The van der Waals surface area contributed by atoms with Gasteiger partial charge in [-0.05, 0) is 36.8 Å². The van der Waals surface area contributed by atoms with E-state index in [1.807, 2.05) is 0 Å². The molecule has 3 N–H and O–H groups in total. The number of anilines is 1. The summed E-state index contributed by atoms with van der Waals surface area (Å²) in [5.74, 6) is -1.37. The lowest BCUT2D eigenvalue weighted by Gasteiger charge is -2.11. The molecule has 1 aliphatic carbocycles. The molecule has 192 valence electrons. The van der Waals surface area contributed by atoms with Gasteiger partial charge in [0, 0.05) is 30.9 Å². The van der Waals surface area contributed by atoms with Crippen LogP contribution in [0, 0.1) is 12.7 Å². The number of rotatable bonds is 6. The molecule has 0 spiro atoms. The number of amides is 1. The number of carbonyl (C=O) groups excluding carboxylic acids is 1. The van der Waals surface area contributed by atoms with Crippen molar-refractivity contribution in [3.8, 4) is 0 Å². The number of likely N-dealkylation sites (N-methyl/N-ethyl adjacent to an activating group) is 1. The van der Waals surface area contributed by atoms with Crippen LogP contribution in [-0.4, -0.2) is 48.2 Å². The predicted molar refractivity (Wildman–Crippen MR) is 113 cm³/mol. The number of hydrogen-bond acceptors (Lipinski definition) is 5. The van der Waals surface area contributed by atoms with Gasteiger partial charge in [0.05, 0.1) is 18.2 Å². The van der Waals surface area contributed by atoms with E-state index < -0.39 is 42.5 Å². The number of aliphatic imine (C=N–C) groups is 1. The van der Waals surface area contributed by atoms with Gasteiger partial charge in [-0.25, -0.2) is 18.2 Å². The molecule has 1 aromatic carbocycles. The van der Waals surface area contributed by atoms with E-state index in [1.165, 1.54) is 26.1 Å². The van der Waals surface area contributed by atoms with Gasteiger partial charge in [0.1, 0.15) is 17.6 Å². The maximum absolute atomic E-state index is 14.1. The van der Waals surface area contributed by atoms with Crippen molar-refractivity contribution >= 4 is 17.6 Å². The molecule has 35 heavy (non-hydrogen) atoms. The summed E-state index contributed by atoms with van der Waals surface area (Å²) >= 11 is 0. The molecular weight excluding hydrogens is 487 g/mol. The molecule has 0 radical (unpaired) electrons. The molecule has 1 saturated carbocycles. The van der Waals surface area contributed by atoms with Crippen LogP contribution in [0.1, 0.15) is 33.6 Å². The van der Waals surface area contributed by atoms with Gasteiger partial charge in [0.25, 0.3) is 11.9 Å². The molecule has 7 nitrogen and oxygen atoms in total. The number of nitrogens with two attached hydrogens (primary N) is 1. The number of pyridine rings is 1. The third kappa shape index (κ3) is 8.09. The lowest BCUT2D eigenvalue weighted by atomic mass is 10.1. The number of nitrogens with one attached hydrogen (secondary N) is 1. The SMILES string of the molecule is Cc1cc(C(F)(F)F)cnc1C(=O)Nc1ccc(F)c(CN=C(N)O[C@@H]2C[C@@H]2N(C)F)c1.FCF. The van der Waals surface area contributed by atoms with Crippen molar-refractivity contribution in [3.63, 3.8) is 0 Å². The first kappa shape index (κ1) is 27.8. The monoisotopic (exact) mass is 509 g/mol. The molecule has 1 fully saturated rings. The third-order valence-electron chi connectivity index (χ3n) is 4.76. The average molecular weight is 509 g/mol. The van der Waals surface area contributed by atoms with Crippen molar-refractivity contribution < 1.29 is 40.4 Å². The van der Waals surface area contributed by atoms with Crippen molar-refractivity contribution in [2.75, 3.05) is 19.3 Å². The minimum absolute atomic E-state index is 0.0338. The quantitative estimate of drug-likeness (QED) is 0.260. The second-order valence-electron chi connectivity index (χ2n) is 7.39. The highest BCUT2D eigenvalue weighted by molar-refractivity contribution is 6.03. The standard InChI is InChI=1S/C20H20F5N5O2.CH2F2/c1-10-5-12(20(22,23)24)9-27-17(10)18(31)29-13-3-4-14(21)11(6-13)8-28-19(26)32-16-7-15(16)30(2)25;2-1-3/h3-6,9,15-16H,7-8H2,1-2H3,(H2,26,28)(H,29,31);1H2/t15-,16+;/m0./s1. The number of halogens is 7. The Hall–Kier alpha value is -3.42. The van der Waals surface area contributed by atoms with E-state index in [-0.39, 0.29) is 35.1 Å². The van der Waals surface area contributed by atoms with E-state index >= 15 is 0 Å². The molecule has 2 aromatic rings. The van der Waals surface area contributed by atoms with Crippen LogP contribution < -0.4 is 11.1 Å². The number of nitrogens with zero attached hydrogens (tertiary/aromatic N) is 3. The molecule has 1 amide bonds. The summed E-state index contributed by atoms with van der Waals surface area (Å²) in [6.07, 6.45) is -3.98. The largest absolute Gasteiger partial charge is 0.460 e. The Labute approximate surface area is 195 Å². The van der Waals surface area contributed by atoms with Gasteiger partial charge in [-0.2, -0.15) is 13.2 Å². The normalized spacial score (nSPS) is 17.5. The van der Waals surface area contributed by atoms with E-state index in [0.717, 1.165) is 12.1 Å². The van der Waals surface area contributed by atoms with E-state index in [4.69, 9.17) is 10.5 Å². The van der Waals surface area contributed by atoms with Gasteiger partial charge in [-0.3, -0.25) is 9.78 Å². The van der Waals surface area contributed by atoms with Crippen LogP contribution in [0.2, 0.25) is 0 Å². The number of aromatic nitrogens is 1. The highest BCUT2D eigenvalue weighted by Crippen LogP contribution is 2.31. The molecule has 0 saturated heterocycles. The van der Waals surface area contributed by atoms with Crippen molar-refractivity contribution in [1.29, 1.82) is 0 Å². The number of hydrogen-bond donors (Lipinski definition) is 2. The molecule has 2 atom stereocenters. The molecule has 1 aromatic heterocycles. The van der Waals surface area contributed by atoms with Crippen LogP contribution in [0.5, 0.6) is 0 Å². The topological polar surface area (TPSA) is 92.8 Å². The van der Waals surface area contributed by atoms with Crippen LogP contribution in [0.15, 0.2) is 35.5 Å². The highest BCUT2D eigenvalue weighted by Gasteiger charge is 2.44. The van der Waals surface area contributed by atoms with E-state index in [9.17, 15) is 35.6 Å². The summed E-state index contributed by atoms with van der Waals surface area (Å²) in [4.78, 5) is 19.9. The van der Waals surface area contributed by atoms with Crippen LogP contribution in [0.25, 0.3) is 0 Å². The maximum Gasteiger partial charge on any atom is 0.417 e. The van der Waals surface area contributed by atoms with E-state index in [1.54, 1.807) is 0 Å². The summed E-state index contributed by atoms with van der Waals surface area (Å²) < 4.78 is 89.9. The number of alkyl halides is 5. The molecule has 0 aliphatic heterocycles. The molecular formula is C21H22F7N5O2. The number of benzene rings is 1. The minimum Gasteiger partial charge on any atom is -0.460 e. The lowest BCUT2D eigenvalue weighted by Crippen LogP contribution is -2.22. The fourth-order valence-corrected chi connectivity index (χ4v) is 2.95. The Morgan fingerprint density at radius 3 is 2.51 bits per heavy atom. The van der Waals surface area contributed by atoms with Crippen molar-refractivity contribution in [3.05, 3.63) is 58.7 Å². The fourth-order valence-electron chi connectivity index (χ4n) is 2.95. The first-order chi connectivity index (χ1) is 16.4. The van der Waals surface area contributed by atoms with Crippen LogP contribution in [0.3, 0.4) is 0 Å². The zero-order valence-corrected chi connectivity index (χ0v) is 18.5. The Kier molecular flexibility index (Phi) is 9.40. The number of aryl methyl sites for hydroxylation is 1.